The largest absolute Gasteiger partial charge is 0.491 e. The van der Waals surface area contributed by atoms with Crippen LogP contribution in [0.15, 0.2) is 42.5 Å². The zero-order valence-corrected chi connectivity index (χ0v) is 18.5. The lowest BCUT2D eigenvalue weighted by molar-refractivity contribution is 0.0947. The Hall–Kier alpha value is -2.38. The Morgan fingerprint density at radius 1 is 1.03 bits per heavy atom. The highest BCUT2D eigenvalue weighted by Crippen LogP contribution is 2.19. The maximum atomic E-state index is 12.5. The zero-order chi connectivity index (χ0) is 21.6. The molecule has 0 aliphatic carbocycles. The van der Waals surface area contributed by atoms with Crippen molar-refractivity contribution < 1.29 is 17.9 Å². The van der Waals surface area contributed by atoms with Gasteiger partial charge in [0.15, 0.2) is 0 Å². The van der Waals surface area contributed by atoms with Crippen molar-refractivity contribution in [2.45, 2.75) is 38.9 Å². The van der Waals surface area contributed by atoms with Gasteiger partial charge in [0.05, 0.1) is 12.3 Å². The van der Waals surface area contributed by atoms with Crippen LogP contribution in [-0.2, 0) is 15.8 Å². The maximum absolute atomic E-state index is 12.5. The van der Waals surface area contributed by atoms with E-state index < -0.39 is 10.0 Å². The first-order valence-corrected chi connectivity index (χ1v) is 12.0. The average Bonchev–Trinajstić information content (AvgIpc) is 2.74. The Morgan fingerprint density at radius 2 is 1.73 bits per heavy atom. The monoisotopic (exact) mass is 430 g/mol. The number of carbonyl (C=O) groups excluding carboxylic acids is 1. The Kier molecular flexibility index (Phi) is 7.50. The first-order chi connectivity index (χ1) is 14.3. The van der Waals surface area contributed by atoms with Gasteiger partial charge >= 0.3 is 0 Å². The van der Waals surface area contributed by atoms with Crippen molar-refractivity contribution in [3.63, 3.8) is 0 Å². The molecule has 1 amide bonds. The van der Waals surface area contributed by atoms with Crippen molar-refractivity contribution in [1.29, 1.82) is 0 Å². The molecule has 1 heterocycles. The number of ether oxygens (including phenoxy) is 1. The van der Waals surface area contributed by atoms with Crippen LogP contribution in [0.5, 0.6) is 5.75 Å². The van der Waals surface area contributed by atoms with Crippen LogP contribution in [0.3, 0.4) is 0 Å². The van der Waals surface area contributed by atoms with E-state index in [0.717, 1.165) is 36.1 Å². The minimum atomic E-state index is -3.30. The SMILES string of the molecule is Cc1ccc(C)c(OCCNC(=O)c2ccc(CS(=O)(=O)N3CCCCC3)cc2)c1. The second kappa shape index (κ2) is 10.1. The van der Waals surface area contributed by atoms with Gasteiger partial charge < -0.3 is 10.1 Å². The van der Waals surface area contributed by atoms with Gasteiger partial charge in [0.25, 0.3) is 5.91 Å². The maximum Gasteiger partial charge on any atom is 0.251 e. The highest BCUT2D eigenvalue weighted by atomic mass is 32.2. The van der Waals surface area contributed by atoms with Gasteiger partial charge in [-0.15, -0.1) is 0 Å². The van der Waals surface area contributed by atoms with Gasteiger partial charge in [-0.3, -0.25) is 4.79 Å². The fraction of sp³-hybridized carbons (Fsp3) is 0.435. The minimum absolute atomic E-state index is 0.0292. The summed E-state index contributed by atoms with van der Waals surface area (Å²) in [5.74, 6) is 0.590. The molecule has 0 saturated carbocycles. The molecule has 3 rings (SSSR count). The fourth-order valence-electron chi connectivity index (χ4n) is 3.49. The number of nitrogens with zero attached hydrogens (tertiary/aromatic N) is 1. The summed E-state index contributed by atoms with van der Waals surface area (Å²) < 4.78 is 32.4. The van der Waals surface area contributed by atoms with Crippen LogP contribution in [0.25, 0.3) is 0 Å². The van der Waals surface area contributed by atoms with Gasteiger partial charge in [0, 0.05) is 18.7 Å². The smallest absolute Gasteiger partial charge is 0.251 e. The molecule has 0 bridgehead atoms. The van der Waals surface area contributed by atoms with Gasteiger partial charge in [-0.2, -0.15) is 0 Å². The molecule has 6 nitrogen and oxygen atoms in total. The van der Waals surface area contributed by atoms with Gasteiger partial charge in [0.1, 0.15) is 12.4 Å². The summed E-state index contributed by atoms with van der Waals surface area (Å²) in [6.45, 7) is 5.97. The number of amides is 1. The molecule has 2 aromatic rings. The molecule has 0 radical (unpaired) electrons. The quantitative estimate of drug-likeness (QED) is 0.651. The Morgan fingerprint density at radius 3 is 2.43 bits per heavy atom. The van der Waals surface area contributed by atoms with E-state index in [4.69, 9.17) is 4.74 Å². The summed E-state index contributed by atoms with van der Waals surface area (Å²) in [4.78, 5) is 12.3. The van der Waals surface area contributed by atoms with Crippen LogP contribution in [0, 0.1) is 13.8 Å². The first-order valence-electron chi connectivity index (χ1n) is 10.4. The number of sulfonamides is 1. The number of rotatable bonds is 8. The molecule has 30 heavy (non-hydrogen) atoms. The van der Waals surface area contributed by atoms with Crippen molar-refractivity contribution in [2.75, 3.05) is 26.2 Å². The highest BCUT2D eigenvalue weighted by molar-refractivity contribution is 7.88. The summed E-state index contributed by atoms with van der Waals surface area (Å²) in [6, 6.07) is 12.8. The summed E-state index contributed by atoms with van der Waals surface area (Å²) >= 11 is 0. The Balaban J connectivity index is 1.48. The summed E-state index contributed by atoms with van der Waals surface area (Å²) in [7, 11) is -3.30. The molecule has 1 N–H and O–H groups in total. The van der Waals surface area contributed by atoms with E-state index >= 15 is 0 Å². The molecular formula is C23H30N2O4S. The lowest BCUT2D eigenvalue weighted by Crippen LogP contribution is -2.36. The third kappa shape index (κ3) is 6.06. The molecule has 0 unspecified atom stereocenters. The van der Waals surface area contributed by atoms with E-state index in [9.17, 15) is 13.2 Å². The van der Waals surface area contributed by atoms with E-state index in [-0.39, 0.29) is 11.7 Å². The lowest BCUT2D eigenvalue weighted by Gasteiger charge is -2.25. The first kappa shape index (κ1) is 22.3. The van der Waals surface area contributed by atoms with Crippen LogP contribution in [0.4, 0.5) is 0 Å². The van der Waals surface area contributed by atoms with Gasteiger partial charge in [0.2, 0.25) is 10.0 Å². The number of carbonyl (C=O) groups is 1. The minimum Gasteiger partial charge on any atom is -0.491 e. The molecule has 1 fully saturated rings. The topological polar surface area (TPSA) is 75.7 Å². The third-order valence-corrected chi connectivity index (χ3v) is 7.11. The molecular weight excluding hydrogens is 400 g/mol. The number of aryl methyl sites for hydroxylation is 2. The third-order valence-electron chi connectivity index (χ3n) is 5.26. The van der Waals surface area contributed by atoms with Crippen molar-refractivity contribution in [1.82, 2.24) is 9.62 Å². The van der Waals surface area contributed by atoms with Gasteiger partial charge in [-0.1, -0.05) is 30.7 Å². The number of nitrogens with one attached hydrogen (secondary N) is 1. The van der Waals surface area contributed by atoms with E-state index in [0.29, 0.717) is 37.4 Å². The van der Waals surface area contributed by atoms with Crippen molar-refractivity contribution in [3.8, 4) is 5.75 Å². The Bertz CT molecular complexity index is 965. The second-order valence-electron chi connectivity index (χ2n) is 7.79. The lowest BCUT2D eigenvalue weighted by atomic mass is 10.1. The number of benzene rings is 2. The van der Waals surface area contributed by atoms with E-state index in [1.54, 1.807) is 28.6 Å². The summed E-state index contributed by atoms with van der Waals surface area (Å²) in [5, 5.41) is 2.83. The average molecular weight is 431 g/mol. The van der Waals surface area contributed by atoms with Crippen LogP contribution in [0.1, 0.15) is 46.3 Å². The van der Waals surface area contributed by atoms with Crippen LogP contribution < -0.4 is 10.1 Å². The summed E-state index contributed by atoms with van der Waals surface area (Å²) in [5.41, 5.74) is 3.38. The van der Waals surface area contributed by atoms with Gasteiger partial charge in [-0.25, -0.2) is 12.7 Å². The van der Waals surface area contributed by atoms with Crippen LogP contribution >= 0.6 is 0 Å². The number of hydrogen-bond donors (Lipinski definition) is 1. The predicted octanol–water partition coefficient (Wildman–Crippen LogP) is 3.43. The van der Waals surface area contributed by atoms with Gasteiger partial charge in [-0.05, 0) is 61.6 Å². The highest BCUT2D eigenvalue weighted by Gasteiger charge is 2.24. The summed E-state index contributed by atoms with van der Waals surface area (Å²) in [6.07, 6.45) is 2.93. The number of hydrogen-bond acceptors (Lipinski definition) is 4. The number of piperidine rings is 1. The van der Waals surface area contributed by atoms with Crippen molar-refractivity contribution >= 4 is 15.9 Å². The standard InChI is InChI=1S/C23H30N2O4S/c1-18-6-7-19(2)22(16-18)29-15-12-24-23(26)21-10-8-20(9-11-21)17-30(27,28)25-13-4-3-5-14-25/h6-11,16H,3-5,12-15,17H2,1-2H3,(H,24,26). The molecule has 1 aliphatic heterocycles. The Labute approximate surface area is 179 Å². The van der Waals surface area contributed by atoms with Crippen LogP contribution in [-0.4, -0.2) is 44.9 Å². The van der Waals surface area contributed by atoms with Crippen molar-refractivity contribution in [3.05, 3.63) is 64.7 Å². The molecule has 0 spiro atoms. The molecule has 2 aromatic carbocycles. The molecule has 0 aromatic heterocycles. The normalized spacial score (nSPS) is 15.0. The second-order valence-corrected chi connectivity index (χ2v) is 9.76. The van der Waals surface area contributed by atoms with E-state index in [2.05, 4.69) is 5.32 Å². The van der Waals surface area contributed by atoms with Crippen LogP contribution in [0.2, 0.25) is 0 Å². The molecule has 1 aliphatic rings. The zero-order valence-electron chi connectivity index (χ0n) is 17.7. The molecule has 162 valence electrons. The fourth-order valence-corrected chi connectivity index (χ4v) is 5.10. The van der Waals surface area contributed by atoms with E-state index in [1.165, 1.54) is 0 Å². The molecule has 1 saturated heterocycles. The van der Waals surface area contributed by atoms with Crippen molar-refractivity contribution in [2.24, 2.45) is 0 Å². The van der Waals surface area contributed by atoms with E-state index in [1.807, 2.05) is 32.0 Å². The molecule has 0 atom stereocenters. The predicted molar refractivity (Wildman–Crippen MR) is 118 cm³/mol. The molecule has 7 heteroatoms.